The van der Waals surface area contributed by atoms with E-state index in [0.29, 0.717) is 18.5 Å². The van der Waals surface area contributed by atoms with E-state index in [2.05, 4.69) is 50.1 Å². The molecule has 1 aliphatic carbocycles. The van der Waals surface area contributed by atoms with Crippen LogP contribution in [0, 0.1) is 0 Å². The highest BCUT2D eigenvalue weighted by Gasteiger charge is 2.41. The van der Waals surface area contributed by atoms with Crippen LogP contribution < -0.4 is 20.5 Å². The zero-order chi connectivity index (χ0) is 17.5. The lowest BCUT2D eigenvalue weighted by Gasteiger charge is -2.21. The van der Waals surface area contributed by atoms with Crippen LogP contribution in [0.4, 0.5) is 0 Å². The number of ether oxygens (including phenoxy) is 2. The van der Waals surface area contributed by atoms with Crippen molar-refractivity contribution in [1.29, 1.82) is 0 Å². The molecule has 3 rings (SSSR count). The Labute approximate surface area is 144 Å². The number of nitrogens with one attached hydrogen (secondary N) is 1. The van der Waals surface area contributed by atoms with Gasteiger partial charge in [0.25, 0.3) is 0 Å². The van der Waals surface area contributed by atoms with Crippen LogP contribution in [0.5, 0.6) is 11.5 Å². The molecule has 1 aliphatic heterocycles. The summed E-state index contributed by atoms with van der Waals surface area (Å²) < 4.78 is 11.8. The minimum atomic E-state index is -0.0774. The van der Waals surface area contributed by atoms with Crippen LogP contribution in [-0.2, 0) is 6.42 Å². The van der Waals surface area contributed by atoms with E-state index in [9.17, 15) is 0 Å². The second-order valence-electron chi connectivity index (χ2n) is 7.86. The minimum absolute atomic E-state index is 0.0774. The van der Waals surface area contributed by atoms with E-state index in [1.165, 1.54) is 11.1 Å². The number of benzene rings is 1. The third kappa shape index (κ3) is 3.77. The predicted octanol–water partition coefficient (Wildman–Crippen LogP) is 2.97. The fourth-order valence-corrected chi connectivity index (χ4v) is 3.28. The standard InChI is InChI=1S/C19H29N3O2/c1-6-23-17-8-12-7-11(2)24-16(12)10-14(17)13-9-15(13)21-18(20)22-19(3,4)5/h8,10-11,13,15H,6-7,9H2,1-5H3,(H3,20,21,22). The second-order valence-corrected chi connectivity index (χ2v) is 7.86. The van der Waals surface area contributed by atoms with E-state index >= 15 is 0 Å². The van der Waals surface area contributed by atoms with Crippen LogP contribution >= 0.6 is 0 Å². The van der Waals surface area contributed by atoms with E-state index in [4.69, 9.17) is 15.2 Å². The van der Waals surface area contributed by atoms with Crippen LogP contribution in [0.1, 0.15) is 58.1 Å². The monoisotopic (exact) mass is 331 g/mol. The molecule has 0 spiro atoms. The molecule has 0 amide bonds. The third-order valence-electron chi connectivity index (χ3n) is 4.29. The van der Waals surface area contributed by atoms with Crippen LogP contribution in [0.3, 0.4) is 0 Å². The van der Waals surface area contributed by atoms with Gasteiger partial charge in [0.15, 0.2) is 5.96 Å². The van der Waals surface area contributed by atoms with Crippen molar-refractivity contribution in [3.05, 3.63) is 23.3 Å². The Balaban J connectivity index is 1.78. The highest BCUT2D eigenvalue weighted by atomic mass is 16.5. The summed E-state index contributed by atoms with van der Waals surface area (Å²) >= 11 is 0. The molecule has 1 aromatic rings. The summed E-state index contributed by atoms with van der Waals surface area (Å²) in [6.45, 7) is 11.0. The lowest BCUT2D eigenvalue weighted by atomic mass is 10.0. The number of rotatable bonds is 4. The SMILES string of the molecule is CCOc1cc2c(cc1C1CC1N=C(N)NC(C)(C)C)OC(C)C2. The fraction of sp³-hybridized carbons (Fsp3) is 0.632. The van der Waals surface area contributed by atoms with Gasteiger partial charge in [0.2, 0.25) is 0 Å². The highest BCUT2D eigenvalue weighted by Crippen LogP contribution is 2.49. The van der Waals surface area contributed by atoms with Crippen LogP contribution in [0.25, 0.3) is 0 Å². The number of nitrogens with zero attached hydrogens (tertiary/aromatic N) is 1. The first kappa shape index (κ1) is 16.9. The van der Waals surface area contributed by atoms with Gasteiger partial charge >= 0.3 is 0 Å². The van der Waals surface area contributed by atoms with Crippen molar-refractivity contribution in [1.82, 2.24) is 5.32 Å². The number of nitrogens with two attached hydrogens (primary N) is 1. The Morgan fingerprint density at radius 1 is 1.42 bits per heavy atom. The van der Waals surface area contributed by atoms with Gasteiger partial charge in [0.1, 0.15) is 17.6 Å². The smallest absolute Gasteiger partial charge is 0.189 e. The zero-order valence-corrected chi connectivity index (χ0v) is 15.3. The molecule has 24 heavy (non-hydrogen) atoms. The van der Waals surface area contributed by atoms with E-state index in [-0.39, 0.29) is 17.7 Å². The van der Waals surface area contributed by atoms with Gasteiger partial charge in [-0.05, 0) is 53.2 Å². The minimum Gasteiger partial charge on any atom is -0.494 e. The molecule has 0 saturated heterocycles. The zero-order valence-electron chi connectivity index (χ0n) is 15.3. The van der Waals surface area contributed by atoms with E-state index in [1.807, 2.05) is 6.92 Å². The third-order valence-corrected chi connectivity index (χ3v) is 4.29. The Morgan fingerprint density at radius 3 is 2.83 bits per heavy atom. The number of hydrogen-bond donors (Lipinski definition) is 2. The lowest BCUT2D eigenvalue weighted by Crippen LogP contribution is -2.45. The van der Waals surface area contributed by atoms with Gasteiger partial charge in [-0.2, -0.15) is 0 Å². The molecule has 5 nitrogen and oxygen atoms in total. The number of guanidine groups is 1. The Morgan fingerprint density at radius 2 is 2.17 bits per heavy atom. The predicted molar refractivity (Wildman–Crippen MR) is 97.1 cm³/mol. The Bertz CT molecular complexity index is 649. The summed E-state index contributed by atoms with van der Waals surface area (Å²) in [7, 11) is 0. The van der Waals surface area contributed by atoms with Crippen molar-refractivity contribution < 1.29 is 9.47 Å². The topological polar surface area (TPSA) is 68.9 Å². The van der Waals surface area contributed by atoms with Crippen LogP contribution in [0.15, 0.2) is 17.1 Å². The maximum absolute atomic E-state index is 6.03. The average molecular weight is 331 g/mol. The molecule has 5 heteroatoms. The molecule has 3 atom stereocenters. The van der Waals surface area contributed by atoms with Gasteiger partial charge in [0.05, 0.1) is 12.6 Å². The summed E-state index contributed by atoms with van der Waals surface area (Å²) in [5, 5.41) is 3.22. The highest BCUT2D eigenvalue weighted by molar-refractivity contribution is 5.79. The lowest BCUT2D eigenvalue weighted by molar-refractivity contribution is 0.254. The van der Waals surface area contributed by atoms with Crippen molar-refractivity contribution in [3.8, 4) is 11.5 Å². The maximum atomic E-state index is 6.03. The molecular weight excluding hydrogens is 302 g/mol. The molecule has 1 saturated carbocycles. The summed E-state index contributed by atoms with van der Waals surface area (Å²) in [5.41, 5.74) is 8.39. The number of aliphatic imine (C=N–C) groups is 1. The second kappa shape index (κ2) is 6.19. The van der Waals surface area contributed by atoms with Crippen molar-refractivity contribution in [3.63, 3.8) is 0 Å². The van der Waals surface area contributed by atoms with Crippen molar-refractivity contribution in [2.45, 2.75) is 71.1 Å². The molecule has 132 valence electrons. The quantitative estimate of drug-likeness (QED) is 0.657. The van der Waals surface area contributed by atoms with Crippen LogP contribution in [0.2, 0.25) is 0 Å². The molecule has 1 aromatic carbocycles. The van der Waals surface area contributed by atoms with E-state index < -0.39 is 0 Å². The number of fused-ring (bicyclic) bond motifs is 1. The van der Waals surface area contributed by atoms with Gasteiger partial charge in [0, 0.05) is 29.0 Å². The van der Waals surface area contributed by atoms with Crippen molar-refractivity contribution in [2.24, 2.45) is 10.7 Å². The Hall–Kier alpha value is -1.91. The summed E-state index contributed by atoms with van der Waals surface area (Å²) in [6.07, 6.45) is 2.19. The van der Waals surface area contributed by atoms with Gasteiger partial charge in [-0.15, -0.1) is 0 Å². The first-order valence-electron chi connectivity index (χ1n) is 8.84. The van der Waals surface area contributed by atoms with Gasteiger partial charge in [-0.25, -0.2) is 4.99 Å². The fourth-order valence-electron chi connectivity index (χ4n) is 3.28. The molecule has 3 N–H and O–H groups in total. The molecule has 1 fully saturated rings. The summed E-state index contributed by atoms with van der Waals surface area (Å²) in [6, 6.07) is 4.51. The molecule has 1 heterocycles. The van der Waals surface area contributed by atoms with E-state index in [1.54, 1.807) is 0 Å². The first-order chi connectivity index (χ1) is 11.3. The molecule has 0 aromatic heterocycles. The molecule has 0 bridgehead atoms. The Kier molecular flexibility index (Phi) is 4.37. The molecule has 0 radical (unpaired) electrons. The normalized spacial score (nSPS) is 25.9. The first-order valence-corrected chi connectivity index (χ1v) is 8.84. The largest absolute Gasteiger partial charge is 0.494 e. The summed E-state index contributed by atoms with van der Waals surface area (Å²) in [4.78, 5) is 4.63. The van der Waals surface area contributed by atoms with Gasteiger partial charge < -0.3 is 20.5 Å². The van der Waals surface area contributed by atoms with Crippen molar-refractivity contribution in [2.75, 3.05) is 6.61 Å². The summed E-state index contributed by atoms with van der Waals surface area (Å²) in [5.74, 6) is 2.84. The maximum Gasteiger partial charge on any atom is 0.189 e. The number of hydrogen-bond acceptors (Lipinski definition) is 3. The van der Waals surface area contributed by atoms with Gasteiger partial charge in [-0.1, -0.05) is 0 Å². The van der Waals surface area contributed by atoms with E-state index in [0.717, 1.165) is 24.3 Å². The molecular formula is C19H29N3O2. The molecule has 2 aliphatic rings. The van der Waals surface area contributed by atoms with Crippen molar-refractivity contribution >= 4 is 5.96 Å². The molecule has 3 unspecified atom stereocenters. The van der Waals surface area contributed by atoms with Crippen LogP contribution in [-0.4, -0.2) is 30.3 Å². The average Bonchev–Trinajstić information content (AvgIpc) is 3.08. The van der Waals surface area contributed by atoms with Gasteiger partial charge in [-0.3, -0.25) is 0 Å².